The SMILES string of the molecule is CO[C@H]1O[C@H](c2ccccc2)C[C@@H]1c1ccccc1. The molecular weight excluding hydrogens is 236 g/mol. The highest BCUT2D eigenvalue weighted by atomic mass is 16.7. The second-order valence-electron chi connectivity index (χ2n) is 4.89. The summed E-state index contributed by atoms with van der Waals surface area (Å²) >= 11 is 0. The van der Waals surface area contributed by atoms with E-state index in [9.17, 15) is 0 Å². The van der Waals surface area contributed by atoms with Gasteiger partial charge in [-0.1, -0.05) is 60.7 Å². The summed E-state index contributed by atoms with van der Waals surface area (Å²) in [4.78, 5) is 0. The van der Waals surface area contributed by atoms with Gasteiger partial charge in [-0.05, 0) is 17.5 Å². The first-order chi connectivity index (χ1) is 9.38. The molecule has 0 N–H and O–H groups in total. The van der Waals surface area contributed by atoms with Crippen LogP contribution in [0.1, 0.15) is 29.6 Å². The molecule has 3 atom stereocenters. The lowest BCUT2D eigenvalue weighted by Crippen LogP contribution is -2.16. The van der Waals surface area contributed by atoms with Crippen molar-refractivity contribution in [3.63, 3.8) is 0 Å². The smallest absolute Gasteiger partial charge is 0.164 e. The van der Waals surface area contributed by atoms with Crippen LogP contribution in [0.3, 0.4) is 0 Å². The molecule has 2 aromatic carbocycles. The lowest BCUT2D eigenvalue weighted by Gasteiger charge is -2.16. The van der Waals surface area contributed by atoms with E-state index in [2.05, 4.69) is 48.5 Å². The second-order valence-corrected chi connectivity index (χ2v) is 4.89. The van der Waals surface area contributed by atoms with E-state index < -0.39 is 0 Å². The number of methoxy groups -OCH3 is 1. The second kappa shape index (κ2) is 5.55. The van der Waals surface area contributed by atoms with Crippen LogP contribution in [0.4, 0.5) is 0 Å². The Morgan fingerprint density at radius 2 is 1.47 bits per heavy atom. The van der Waals surface area contributed by atoms with E-state index in [0.717, 1.165) is 6.42 Å². The van der Waals surface area contributed by atoms with Crippen molar-refractivity contribution >= 4 is 0 Å². The van der Waals surface area contributed by atoms with Crippen molar-refractivity contribution in [1.29, 1.82) is 0 Å². The van der Waals surface area contributed by atoms with Crippen molar-refractivity contribution in [2.75, 3.05) is 7.11 Å². The quantitative estimate of drug-likeness (QED) is 0.827. The van der Waals surface area contributed by atoms with Gasteiger partial charge < -0.3 is 9.47 Å². The molecule has 0 radical (unpaired) electrons. The van der Waals surface area contributed by atoms with Crippen molar-refractivity contribution in [2.45, 2.75) is 24.7 Å². The summed E-state index contributed by atoms with van der Waals surface area (Å²) < 4.78 is 11.5. The molecule has 0 spiro atoms. The van der Waals surface area contributed by atoms with Gasteiger partial charge in [0.1, 0.15) is 0 Å². The summed E-state index contributed by atoms with van der Waals surface area (Å²) in [5, 5.41) is 0. The number of hydrogen-bond donors (Lipinski definition) is 0. The van der Waals surface area contributed by atoms with Gasteiger partial charge in [0.05, 0.1) is 6.10 Å². The maximum absolute atomic E-state index is 6.04. The molecule has 2 aromatic rings. The molecule has 1 fully saturated rings. The molecule has 1 aliphatic heterocycles. The van der Waals surface area contributed by atoms with Gasteiger partial charge in [-0.25, -0.2) is 0 Å². The van der Waals surface area contributed by atoms with Gasteiger partial charge in [0, 0.05) is 13.0 Å². The molecule has 0 amide bonds. The fourth-order valence-corrected chi connectivity index (χ4v) is 2.75. The Bertz CT molecular complexity index is 509. The minimum Gasteiger partial charge on any atom is -0.355 e. The van der Waals surface area contributed by atoms with E-state index >= 15 is 0 Å². The van der Waals surface area contributed by atoms with Crippen molar-refractivity contribution in [3.8, 4) is 0 Å². The summed E-state index contributed by atoms with van der Waals surface area (Å²) in [5.41, 5.74) is 2.51. The number of hydrogen-bond acceptors (Lipinski definition) is 2. The van der Waals surface area contributed by atoms with Crippen LogP contribution in [0.25, 0.3) is 0 Å². The zero-order chi connectivity index (χ0) is 13.1. The van der Waals surface area contributed by atoms with Crippen LogP contribution in [0, 0.1) is 0 Å². The molecular formula is C17H18O2. The third-order valence-electron chi connectivity index (χ3n) is 3.73. The summed E-state index contributed by atoms with van der Waals surface area (Å²) in [6.45, 7) is 0. The largest absolute Gasteiger partial charge is 0.355 e. The van der Waals surface area contributed by atoms with Crippen LogP contribution in [0.5, 0.6) is 0 Å². The first kappa shape index (κ1) is 12.4. The van der Waals surface area contributed by atoms with E-state index in [4.69, 9.17) is 9.47 Å². The molecule has 19 heavy (non-hydrogen) atoms. The van der Waals surface area contributed by atoms with Crippen LogP contribution in [-0.4, -0.2) is 13.4 Å². The maximum Gasteiger partial charge on any atom is 0.164 e. The summed E-state index contributed by atoms with van der Waals surface area (Å²) in [6, 6.07) is 20.8. The topological polar surface area (TPSA) is 18.5 Å². The zero-order valence-electron chi connectivity index (χ0n) is 11.0. The summed E-state index contributed by atoms with van der Waals surface area (Å²) in [5.74, 6) is 0.302. The minimum atomic E-state index is -0.160. The lowest BCUT2D eigenvalue weighted by atomic mass is 9.93. The first-order valence-corrected chi connectivity index (χ1v) is 6.66. The zero-order valence-corrected chi connectivity index (χ0v) is 11.0. The van der Waals surface area contributed by atoms with Crippen molar-refractivity contribution < 1.29 is 9.47 Å². The first-order valence-electron chi connectivity index (χ1n) is 6.66. The number of ether oxygens (including phenoxy) is 2. The molecule has 0 bridgehead atoms. The van der Waals surface area contributed by atoms with Crippen LogP contribution in [-0.2, 0) is 9.47 Å². The summed E-state index contributed by atoms with van der Waals surface area (Å²) in [7, 11) is 1.72. The van der Waals surface area contributed by atoms with Crippen LogP contribution in [0.15, 0.2) is 60.7 Å². The molecule has 0 aliphatic carbocycles. The Hall–Kier alpha value is -1.64. The van der Waals surface area contributed by atoms with Gasteiger partial charge in [-0.2, -0.15) is 0 Å². The maximum atomic E-state index is 6.04. The van der Waals surface area contributed by atoms with E-state index in [-0.39, 0.29) is 12.4 Å². The van der Waals surface area contributed by atoms with Crippen LogP contribution < -0.4 is 0 Å². The third kappa shape index (κ3) is 2.55. The Balaban J connectivity index is 1.83. The van der Waals surface area contributed by atoms with Crippen molar-refractivity contribution in [1.82, 2.24) is 0 Å². The standard InChI is InChI=1S/C17H18O2/c1-18-17-15(13-8-4-2-5-9-13)12-16(19-17)14-10-6-3-7-11-14/h2-11,15-17H,12H2,1H3/t15-,16+,17+/m1/s1. The van der Waals surface area contributed by atoms with E-state index in [1.807, 2.05) is 12.1 Å². The average Bonchev–Trinajstić information content (AvgIpc) is 2.93. The van der Waals surface area contributed by atoms with Gasteiger partial charge in [0.25, 0.3) is 0 Å². The van der Waals surface area contributed by atoms with Gasteiger partial charge in [-0.15, -0.1) is 0 Å². The third-order valence-corrected chi connectivity index (χ3v) is 3.73. The molecule has 1 saturated heterocycles. The summed E-state index contributed by atoms with van der Waals surface area (Å²) in [6.07, 6.45) is 0.927. The lowest BCUT2D eigenvalue weighted by molar-refractivity contribution is -0.122. The molecule has 1 heterocycles. The Morgan fingerprint density at radius 1 is 0.895 bits per heavy atom. The predicted octanol–water partition coefficient (Wildman–Crippen LogP) is 3.90. The van der Waals surface area contributed by atoms with Gasteiger partial charge in [0.15, 0.2) is 6.29 Å². The van der Waals surface area contributed by atoms with Gasteiger partial charge in [0.2, 0.25) is 0 Å². The fraction of sp³-hybridized carbons (Fsp3) is 0.294. The van der Waals surface area contributed by atoms with E-state index in [0.29, 0.717) is 5.92 Å². The van der Waals surface area contributed by atoms with Gasteiger partial charge in [-0.3, -0.25) is 0 Å². The minimum absolute atomic E-state index is 0.122. The van der Waals surface area contributed by atoms with Crippen LogP contribution >= 0.6 is 0 Å². The Morgan fingerprint density at radius 3 is 2.05 bits per heavy atom. The number of rotatable bonds is 3. The highest BCUT2D eigenvalue weighted by Gasteiger charge is 2.36. The van der Waals surface area contributed by atoms with E-state index in [1.165, 1.54) is 11.1 Å². The molecule has 0 saturated carbocycles. The monoisotopic (exact) mass is 254 g/mol. The molecule has 3 rings (SSSR count). The predicted molar refractivity (Wildman–Crippen MR) is 74.9 cm³/mol. The molecule has 2 heteroatoms. The molecule has 2 nitrogen and oxygen atoms in total. The van der Waals surface area contributed by atoms with E-state index in [1.54, 1.807) is 7.11 Å². The average molecular weight is 254 g/mol. The van der Waals surface area contributed by atoms with Crippen molar-refractivity contribution in [2.24, 2.45) is 0 Å². The molecule has 0 aromatic heterocycles. The number of benzene rings is 2. The molecule has 1 aliphatic rings. The highest BCUT2D eigenvalue weighted by molar-refractivity contribution is 5.25. The normalized spacial score (nSPS) is 26.5. The van der Waals surface area contributed by atoms with Crippen molar-refractivity contribution in [3.05, 3.63) is 71.8 Å². The Kier molecular flexibility index (Phi) is 3.62. The molecule has 98 valence electrons. The fourth-order valence-electron chi connectivity index (χ4n) is 2.75. The van der Waals surface area contributed by atoms with Gasteiger partial charge >= 0.3 is 0 Å². The Labute approximate surface area is 114 Å². The highest BCUT2D eigenvalue weighted by Crippen LogP contribution is 2.42. The molecule has 0 unspecified atom stereocenters. The van der Waals surface area contributed by atoms with Crippen LogP contribution in [0.2, 0.25) is 0 Å².